The van der Waals surface area contributed by atoms with E-state index in [0.29, 0.717) is 30.5 Å². The number of benzene rings is 2. The molecule has 4 aliphatic rings. The van der Waals surface area contributed by atoms with Crippen LogP contribution in [0.3, 0.4) is 0 Å². The zero-order valence-electron chi connectivity index (χ0n) is 23.1. The molecule has 3 amide bonds. The molecule has 2 aromatic rings. The standard InChI is InChI=1S/C31H39N5O3/c1-21-6-8-24(9-7-21)35-17-16-33(18-22(35)2)19-23-12-14-34(15-13-23)27-5-3-4-25-26(27)20-36(31(25)39)28-10-11-29(37)32-30(28)38/h3-9,22-23,28H,10-20H2,1-2H3,(H,32,37,38). The fourth-order valence-corrected chi connectivity index (χ4v) is 6.91. The smallest absolute Gasteiger partial charge is 0.255 e. The van der Waals surface area contributed by atoms with Gasteiger partial charge in [0.15, 0.2) is 0 Å². The van der Waals surface area contributed by atoms with E-state index in [4.69, 9.17) is 0 Å². The minimum atomic E-state index is -0.574. The van der Waals surface area contributed by atoms with Crippen molar-refractivity contribution in [1.82, 2.24) is 15.1 Å². The SMILES string of the molecule is Cc1ccc(N2CCN(CC3CCN(c4cccc5c4CN(C4CCC(=O)NC4=O)C5=O)CC3)CC2C)cc1. The number of hydrogen-bond donors (Lipinski definition) is 1. The van der Waals surface area contributed by atoms with E-state index in [1.165, 1.54) is 11.3 Å². The number of anilines is 2. The van der Waals surface area contributed by atoms with E-state index in [2.05, 4.69) is 64.2 Å². The normalized spacial score (nSPS) is 24.8. The largest absolute Gasteiger partial charge is 0.371 e. The molecule has 0 aromatic heterocycles. The summed E-state index contributed by atoms with van der Waals surface area (Å²) in [5, 5.41) is 2.40. The first-order valence-corrected chi connectivity index (χ1v) is 14.4. The third-order valence-corrected chi connectivity index (χ3v) is 9.11. The van der Waals surface area contributed by atoms with E-state index >= 15 is 0 Å². The number of aryl methyl sites for hydroxylation is 1. The molecule has 8 heteroatoms. The summed E-state index contributed by atoms with van der Waals surface area (Å²) in [4.78, 5) is 46.5. The molecule has 0 bridgehead atoms. The predicted molar refractivity (Wildman–Crippen MR) is 152 cm³/mol. The van der Waals surface area contributed by atoms with E-state index in [1.54, 1.807) is 4.90 Å². The van der Waals surface area contributed by atoms with E-state index in [0.717, 1.165) is 63.4 Å². The average molecular weight is 530 g/mol. The van der Waals surface area contributed by atoms with Gasteiger partial charge in [0.1, 0.15) is 6.04 Å². The average Bonchev–Trinajstić information content (AvgIpc) is 3.26. The summed E-state index contributed by atoms with van der Waals surface area (Å²) in [6, 6.07) is 14.8. The summed E-state index contributed by atoms with van der Waals surface area (Å²) in [5.41, 5.74) is 5.46. The number of nitrogens with one attached hydrogen (secondary N) is 1. The van der Waals surface area contributed by atoms with Crippen LogP contribution in [0.4, 0.5) is 11.4 Å². The molecule has 206 valence electrons. The zero-order chi connectivity index (χ0) is 27.1. The maximum Gasteiger partial charge on any atom is 0.255 e. The van der Waals surface area contributed by atoms with Crippen LogP contribution in [0.5, 0.6) is 0 Å². The third-order valence-electron chi connectivity index (χ3n) is 9.11. The van der Waals surface area contributed by atoms with Crippen molar-refractivity contribution in [2.75, 3.05) is 49.1 Å². The molecule has 0 spiro atoms. The van der Waals surface area contributed by atoms with Crippen molar-refractivity contribution < 1.29 is 14.4 Å². The first kappa shape index (κ1) is 25.9. The summed E-state index contributed by atoms with van der Waals surface area (Å²) < 4.78 is 0. The molecule has 3 saturated heterocycles. The maximum absolute atomic E-state index is 13.2. The third kappa shape index (κ3) is 5.14. The van der Waals surface area contributed by atoms with E-state index in [9.17, 15) is 14.4 Å². The Morgan fingerprint density at radius 1 is 0.897 bits per heavy atom. The monoisotopic (exact) mass is 529 g/mol. The lowest BCUT2D eigenvalue weighted by atomic mass is 9.94. The molecule has 0 aliphatic carbocycles. The number of rotatable bonds is 5. The van der Waals surface area contributed by atoms with Crippen LogP contribution in [0.25, 0.3) is 0 Å². The minimum Gasteiger partial charge on any atom is -0.371 e. The fourth-order valence-electron chi connectivity index (χ4n) is 6.91. The van der Waals surface area contributed by atoms with Crippen LogP contribution >= 0.6 is 0 Å². The van der Waals surface area contributed by atoms with Crippen molar-refractivity contribution in [2.24, 2.45) is 5.92 Å². The number of fused-ring (bicyclic) bond motifs is 1. The van der Waals surface area contributed by atoms with Gasteiger partial charge < -0.3 is 14.7 Å². The van der Waals surface area contributed by atoms with Crippen LogP contribution < -0.4 is 15.1 Å². The van der Waals surface area contributed by atoms with Crippen molar-refractivity contribution in [3.05, 3.63) is 59.2 Å². The number of amides is 3. The highest BCUT2D eigenvalue weighted by molar-refractivity contribution is 6.06. The Bertz CT molecular complexity index is 1250. The van der Waals surface area contributed by atoms with Gasteiger partial charge in [-0.3, -0.25) is 24.6 Å². The number of hydrogen-bond acceptors (Lipinski definition) is 6. The number of carbonyl (C=O) groups excluding carboxylic acids is 3. The zero-order valence-corrected chi connectivity index (χ0v) is 23.1. The Hall–Kier alpha value is -3.39. The topological polar surface area (TPSA) is 76.2 Å². The number of piperazine rings is 1. The summed E-state index contributed by atoms with van der Waals surface area (Å²) in [6.45, 7) is 11.3. The summed E-state index contributed by atoms with van der Waals surface area (Å²) >= 11 is 0. The Balaban J connectivity index is 1.05. The second-order valence-electron chi connectivity index (χ2n) is 11.8. The van der Waals surface area contributed by atoms with Crippen LogP contribution in [0.2, 0.25) is 0 Å². The van der Waals surface area contributed by atoms with Crippen LogP contribution in [-0.2, 0) is 16.1 Å². The fraction of sp³-hybridized carbons (Fsp3) is 0.516. The Morgan fingerprint density at radius 2 is 1.67 bits per heavy atom. The number of imide groups is 1. The molecule has 4 aliphatic heterocycles. The van der Waals surface area contributed by atoms with Crippen LogP contribution in [0.1, 0.15) is 54.1 Å². The molecule has 2 unspecified atom stereocenters. The Labute approximate surface area is 230 Å². The first-order chi connectivity index (χ1) is 18.9. The molecule has 1 N–H and O–H groups in total. The van der Waals surface area contributed by atoms with Crippen molar-refractivity contribution in [1.29, 1.82) is 0 Å². The number of piperidine rings is 2. The lowest BCUT2D eigenvalue weighted by Crippen LogP contribution is -2.53. The van der Waals surface area contributed by atoms with Gasteiger partial charge >= 0.3 is 0 Å². The summed E-state index contributed by atoms with van der Waals surface area (Å²) in [6.07, 6.45) is 2.95. The highest BCUT2D eigenvalue weighted by Gasteiger charge is 2.40. The molecule has 0 radical (unpaired) electrons. The molecule has 0 saturated carbocycles. The van der Waals surface area contributed by atoms with Gasteiger partial charge in [0.2, 0.25) is 11.8 Å². The second kappa shape index (κ2) is 10.6. The second-order valence-corrected chi connectivity index (χ2v) is 11.8. The van der Waals surface area contributed by atoms with Crippen molar-refractivity contribution >= 4 is 29.1 Å². The Morgan fingerprint density at radius 3 is 2.38 bits per heavy atom. The highest BCUT2D eigenvalue weighted by Crippen LogP contribution is 2.36. The first-order valence-electron chi connectivity index (χ1n) is 14.4. The predicted octanol–water partition coefficient (Wildman–Crippen LogP) is 3.18. The van der Waals surface area contributed by atoms with Crippen molar-refractivity contribution in [2.45, 2.75) is 58.2 Å². The highest BCUT2D eigenvalue weighted by atomic mass is 16.2. The van der Waals surface area contributed by atoms with Gasteiger partial charge in [0.05, 0.1) is 0 Å². The van der Waals surface area contributed by atoms with Crippen LogP contribution in [0, 0.1) is 12.8 Å². The van der Waals surface area contributed by atoms with Gasteiger partial charge in [0, 0.05) is 80.8 Å². The van der Waals surface area contributed by atoms with Gasteiger partial charge in [-0.1, -0.05) is 23.8 Å². The summed E-state index contributed by atoms with van der Waals surface area (Å²) in [7, 11) is 0. The lowest BCUT2D eigenvalue weighted by molar-refractivity contribution is -0.136. The molecule has 8 nitrogen and oxygen atoms in total. The van der Waals surface area contributed by atoms with Gasteiger partial charge in [0.25, 0.3) is 5.91 Å². The maximum atomic E-state index is 13.2. The van der Waals surface area contributed by atoms with E-state index in [1.807, 2.05) is 12.1 Å². The molecule has 2 aromatic carbocycles. The van der Waals surface area contributed by atoms with Gasteiger partial charge in [-0.2, -0.15) is 0 Å². The van der Waals surface area contributed by atoms with Crippen LogP contribution in [-0.4, -0.2) is 78.9 Å². The summed E-state index contributed by atoms with van der Waals surface area (Å²) in [5.74, 6) is -0.0387. The van der Waals surface area contributed by atoms with Gasteiger partial charge in [-0.15, -0.1) is 0 Å². The van der Waals surface area contributed by atoms with Crippen molar-refractivity contribution in [3.63, 3.8) is 0 Å². The van der Waals surface area contributed by atoms with E-state index < -0.39 is 6.04 Å². The molecule has 4 heterocycles. The minimum absolute atomic E-state index is 0.102. The van der Waals surface area contributed by atoms with Gasteiger partial charge in [-0.25, -0.2) is 0 Å². The Kier molecular flexibility index (Phi) is 7.06. The van der Waals surface area contributed by atoms with Gasteiger partial charge in [-0.05, 0) is 63.3 Å². The molecular formula is C31H39N5O3. The van der Waals surface area contributed by atoms with Crippen molar-refractivity contribution in [3.8, 4) is 0 Å². The van der Waals surface area contributed by atoms with E-state index in [-0.39, 0.29) is 24.1 Å². The molecular weight excluding hydrogens is 490 g/mol. The molecule has 2 atom stereocenters. The quantitative estimate of drug-likeness (QED) is 0.600. The van der Waals surface area contributed by atoms with Crippen LogP contribution in [0.15, 0.2) is 42.5 Å². The lowest BCUT2D eigenvalue weighted by Gasteiger charge is -2.43. The number of carbonyl (C=O) groups is 3. The molecule has 3 fully saturated rings. The number of nitrogens with zero attached hydrogens (tertiary/aromatic N) is 4. The molecule has 39 heavy (non-hydrogen) atoms. The molecule has 6 rings (SSSR count).